The molecule has 2 aliphatic heterocycles. The molecule has 0 aromatic heterocycles. The summed E-state index contributed by atoms with van der Waals surface area (Å²) in [7, 11) is 0. The molecule has 0 saturated carbocycles. The van der Waals surface area contributed by atoms with Crippen LogP contribution in [0.2, 0.25) is 0 Å². The third-order valence-electron chi connectivity index (χ3n) is 7.47. The lowest BCUT2D eigenvalue weighted by atomic mass is 9.69. The van der Waals surface area contributed by atoms with Gasteiger partial charge in [-0.05, 0) is 34.5 Å². The van der Waals surface area contributed by atoms with Crippen LogP contribution in [0.15, 0.2) is 97.1 Å². The molecule has 4 nitrogen and oxygen atoms in total. The van der Waals surface area contributed by atoms with Crippen molar-refractivity contribution in [1.29, 1.82) is 10.5 Å². The van der Waals surface area contributed by atoms with Gasteiger partial charge in [0, 0.05) is 22.7 Å². The maximum atomic E-state index is 14.2. The molecule has 4 aromatic rings. The molecule has 2 aliphatic rings. The average molecular weight is 470 g/mol. The number of benzene rings is 4. The SMILES string of the molecule is N#CC1(C#N)[C@H](c2ccc(F)cc2)[C@@H](C(=O)c2ccccc2)N2c3ccc4ccccc4c3C=C[C@H]21. The number of nitrogens with zero attached hydrogens (tertiary/aromatic N) is 3. The topological polar surface area (TPSA) is 67.9 Å². The van der Waals surface area contributed by atoms with Crippen molar-refractivity contribution in [3.05, 3.63) is 120 Å². The Morgan fingerprint density at radius 1 is 0.861 bits per heavy atom. The number of anilines is 1. The standard InChI is InChI=1S/C31H20FN3O/c32-23-13-10-21(11-14-23)28-29(30(36)22-7-2-1-3-8-22)35-26-16-12-20-6-4-5-9-24(20)25(26)15-17-27(35)31(28,18-33)19-34/h1-17,27-29H/t27-,28+,29-/m0/s1. The molecule has 36 heavy (non-hydrogen) atoms. The van der Waals surface area contributed by atoms with Crippen LogP contribution in [0.5, 0.6) is 0 Å². The second kappa shape index (κ2) is 8.18. The number of ketones is 1. The molecule has 5 heteroatoms. The molecule has 2 heterocycles. The number of rotatable bonds is 3. The van der Waals surface area contributed by atoms with E-state index in [0.717, 1.165) is 22.0 Å². The van der Waals surface area contributed by atoms with E-state index in [2.05, 4.69) is 12.1 Å². The fourth-order valence-electron chi connectivity index (χ4n) is 5.86. The van der Waals surface area contributed by atoms with Crippen LogP contribution in [0, 0.1) is 33.9 Å². The lowest BCUT2D eigenvalue weighted by Crippen LogP contribution is -2.44. The van der Waals surface area contributed by atoms with Crippen molar-refractivity contribution in [2.24, 2.45) is 5.41 Å². The first kappa shape index (κ1) is 21.8. The summed E-state index contributed by atoms with van der Waals surface area (Å²) in [6.07, 6.45) is 3.83. The molecule has 0 aliphatic carbocycles. The van der Waals surface area contributed by atoms with Gasteiger partial charge in [-0.2, -0.15) is 10.5 Å². The lowest BCUT2D eigenvalue weighted by Gasteiger charge is -2.36. The highest BCUT2D eigenvalue weighted by atomic mass is 19.1. The van der Waals surface area contributed by atoms with E-state index < -0.39 is 29.2 Å². The van der Waals surface area contributed by atoms with Gasteiger partial charge in [-0.15, -0.1) is 0 Å². The molecule has 0 spiro atoms. The Kier molecular flexibility index (Phi) is 4.95. The fourth-order valence-corrected chi connectivity index (χ4v) is 5.86. The molecule has 0 bridgehead atoms. The van der Waals surface area contributed by atoms with Crippen LogP contribution in [0.3, 0.4) is 0 Å². The van der Waals surface area contributed by atoms with E-state index in [0.29, 0.717) is 11.1 Å². The van der Waals surface area contributed by atoms with Gasteiger partial charge in [0.25, 0.3) is 0 Å². The third-order valence-corrected chi connectivity index (χ3v) is 7.47. The molecule has 0 unspecified atom stereocenters. The Bertz CT molecular complexity index is 1600. The largest absolute Gasteiger partial charge is 0.351 e. The quantitative estimate of drug-likeness (QED) is 0.332. The van der Waals surface area contributed by atoms with Crippen molar-refractivity contribution in [1.82, 2.24) is 0 Å². The van der Waals surface area contributed by atoms with E-state index in [-0.39, 0.29) is 5.78 Å². The Balaban J connectivity index is 1.64. The zero-order chi connectivity index (χ0) is 24.9. The molecule has 3 atom stereocenters. The maximum Gasteiger partial charge on any atom is 0.185 e. The van der Waals surface area contributed by atoms with Crippen LogP contribution in [-0.2, 0) is 0 Å². The van der Waals surface area contributed by atoms with Gasteiger partial charge in [0.05, 0.1) is 18.2 Å². The predicted octanol–water partition coefficient (Wildman–Crippen LogP) is 6.26. The summed E-state index contributed by atoms with van der Waals surface area (Å²) in [6, 6.07) is 29.8. The minimum absolute atomic E-state index is 0.184. The molecule has 1 saturated heterocycles. The van der Waals surface area contributed by atoms with E-state index in [1.807, 2.05) is 59.5 Å². The number of Topliss-reactive ketones (excluding diaryl/α,β-unsaturated/α-hetero) is 1. The van der Waals surface area contributed by atoms with E-state index >= 15 is 0 Å². The summed E-state index contributed by atoms with van der Waals surface area (Å²) < 4.78 is 13.9. The van der Waals surface area contributed by atoms with Crippen molar-refractivity contribution < 1.29 is 9.18 Å². The van der Waals surface area contributed by atoms with Crippen LogP contribution in [0.1, 0.15) is 27.4 Å². The third kappa shape index (κ3) is 3.00. The first-order chi connectivity index (χ1) is 17.6. The number of hydrogen-bond acceptors (Lipinski definition) is 4. The molecule has 0 amide bonds. The molecular weight excluding hydrogens is 449 g/mol. The van der Waals surface area contributed by atoms with Crippen molar-refractivity contribution in [2.45, 2.75) is 18.0 Å². The first-order valence-corrected chi connectivity index (χ1v) is 11.7. The van der Waals surface area contributed by atoms with Crippen molar-refractivity contribution in [3.63, 3.8) is 0 Å². The van der Waals surface area contributed by atoms with Gasteiger partial charge in [0.15, 0.2) is 11.2 Å². The Morgan fingerprint density at radius 3 is 2.28 bits per heavy atom. The highest BCUT2D eigenvalue weighted by Crippen LogP contribution is 2.56. The number of nitriles is 2. The highest BCUT2D eigenvalue weighted by Gasteiger charge is 2.63. The fraction of sp³-hybridized carbons (Fsp3) is 0.129. The van der Waals surface area contributed by atoms with Crippen LogP contribution in [0.25, 0.3) is 16.8 Å². The summed E-state index contributed by atoms with van der Waals surface area (Å²) in [5.74, 6) is -1.40. The zero-order valence-electron chi connectivity index (χ0n) is 19.2. The zero-order valence-corrected chi connectivity index (χ0v) is 19.2. The van der Waals surface area contributed by atoms with Crippen molar-refractivity contribution in [2.75, 3.05) is 4.90 Å². The Labute approximate surface area is 208 Å². The predicted molar refractivity (Wildman–Crippen MR) is 137 cm³/mol. The number of fused-ring (bicyclic) bond motifs is 5. The van der Waals surface area contributed by atoms with Crippen LogP contribution in [0.4, 0.5) is 10.1 Å². The Hall–Kier alpha value is -4.74. The van der Waals surface area contributed by atoms with E-state index in [4.69, 9.17) is 0 Å². The number of hydrogen-bond donors (Lipinski definition) is 0. The maximum absolute atomic E-state index is 14.2. The summed E-state index contributed by atoms with van der Waals surface area (Å²) in [6.45, 7) is 0. The van der Waals surface area contributed by atoms with Crippen LogP contribution >= 0.6 is 0 Å². The van der Waals surface area contributed by atoms with E-state index in [9.17, 15) is 19.7 Å². The average Bonchev–Trinajstić information content (AvgIpc) is 3.24. The first-order valence-electron chi connectivity index (χ1n) is 11.7. The van der Waals surface area contributed by atoms with Gasteiger partial charge >= 0.3 is 0 Å². The summed E-state index contributed by atoms with van der Waals surface area (Å²) in [4.78, 5) is 16.1. The van der Waals surface area contributed by atoms with E-state index in [1.165, 1.54) is 12.1 Å². The van der Waals surface area contributed by atoms with Gasteiger partial charge in [0.2, 0.25) is 0 Å². The minimum atomic E-state index is -1.56. The van der Waals surface area contributed by atoms with Crippen LogP contribution < -0.4 is 4.90 Å². The Morgan fingerprint density at radius 2 is 1.56 bits per heavy atom. The van der Waals surface area contributed by atoms with Crippen LogP contribution in [-0.4, -0.2) is 17.9 Å². The second-order valence-electron chi connectivity index (χ2n) is 9.23. The van der Waals surface area contributed by atoms with Gasteiger partial charge < -0.3 is 4.90 Å². The second-order valence-corrected chi connectivity index (χ2v) is 9.23. The van der Waals surface area contributed by atoms with Gasteiger partial charge in [-0.25, -0.2) is 4.39 Å². The molecule has 6 rings (SSSR count). The van der Waals surface area contributed by atoms with Gasteiger partial charge in [-0.3, -0.25) is 4.79 Å². The lowest BCUT2D eigenvalue weighted by molar-refractivity contribution is 0.0951. The summed E-state index contributed by atoms with van der Waals surface area (Å²) >= 11 is 0. The van der Waals surface area contributed by atoms with Gasteiger partial charge in [0.1, 0.15) is 11.9 Å². The molecule has 0 N–H and O–H groups in total. The number of carbonyl (C=O) groups excluding carboxylic acids is 1. The monoisotopic (exact) mass is 469 g/mol. The highest BCUT2D eigenvalue weighted by molar-refractivity contribution is 6.06. The molecule has 1 fully saturated rings. The normalized spacial score (nSPS) is 21.3. The summed E-state index contributed by atoms with van der Waals surface area (Å²) in [5, 5.41) is 23.1. The minimum Gasteiger partial charge on any atom is -0.351 e. The molecular formula is C31H20FN3O. The molecule has 0 radical (unpaired) electrons. The van der Waals surface area contributed by atoms with Crippen molar-refractivity contribution in [3.8, 4) is 12.1 Å². The van der Waals surface area contributed by atoms with E-state index in [1.54, 1.807) is 36.4 Å². The smallest absolute Gasteiger partial charge is 0.185 e. The molecule has 172 valence electrons. The number of halogens is 1. The number of carbonyl (C=O) groups is 1. The molecule has 4 aromatic carbocycles. The summed E-state index contributed by atoms with van der Waals surface area (Å²) in [5.41, 5.74) is 1.26. The van der Waals surface area contributed by atoms with Gasteiger partial charge in [-0.1, -0.05) is 84.9 Å². The van der Waals surface area contributed by atoms with Crippen molar-refractivity contribution >= 4 is 28.3 Å².